The lowest BCUT2D eigenvalue weighted by Gasteiger charge is -2.34. The van der Waals surface area contributed by atoms with E-state index in [2.05, 4.69) is 17.0 Å². The van der Waals surface area contributed by atoms with E-state index in [-0.39, 0.29) is 23.8 Å². The summed E-state index contributed by atoms with van der Waals surface area (Å²) >= 11 is 0. The second kappa shape index (κ2) is 10.5. The van der Waals surface area contributed by atoms with E-state index in [9.17, 15) is 9.59 Å². The predicted octanol–water partition coefficient (Wildman–Crippen LogP) is 4.70. The molecule has 2 amide bonds. The van der Waals surface area contributed by atoms with E-state index < -0.39 is 0 Å². The van der Waals surface area contributed by atoms with Gasteiger partial charge in [-0.2, -0.15) is 0 Å². The van der Waals surface area contributed by atoms with Crippen LogP contribution in [0.25, 0.3) is 6.08 Å². The van der Waals surface area contributed by atoms with Crippen molar-refractivity contribution in [1.82, 2.24) is 9.80 Å². The van der Waals surface area contributed by atoms with Crippen LogP contribution in [0.3, 0.4) is 0 Å². The number of piperidine rings is 1. The molecule has 2 fully saturated rings. The first-order valence-electron chi connectivity index (χ1n) is 11.7. The first kappa shape index (κ1) is 22.1. The Bertz CT molecular complexity index is 931. The van der Waals surface area contributed by atoms with Gasteiger partial charge >= 0.3 is 0 Å². The molecule has 1 unspecified atom stereocenters. The maximum absolute atomic E-state index is 13.3. The number of nitrogens with zero attached hydrogens (tertiary/aromatic N) is 2. The van der Waals surface area contributed by atoms with Crippen molar-refractivity contribution in [3.05, 3.63) is 71.8 Å². The number of carbonyl (C=O) groups is 2. The van der Waals surface area contributed by atoms with Gasteiger partial charge in [0.2, 0.25) is 11.8 Å². The molecule has 0 radical (unpaired) electrons. The maximum atomic E-state index is 13.3. The summed E-state index contributed by atoms with van der Waals surface area (Å²) in [5.74, 6) is 1.13. The zero-order valence-corrected chi connectivity index (χ0v) is 18.8. The maximum Gasteiger partial charge on any atom is 0.246 e. The fourth-order valence-electron chi connectivity index (χ4n) is 4.75. The average molecular weight is 433 g/mol. The number of hydrogen-bond acceptors (Lipinski definition) is 3. The van der Waals surface area contributed by atoms with Gasteiger partial charge in [0.1, 0.15) is 5.75 Å². The lowest BCUT2D eigenvalue weighted by Crippen LogP contribution is -2.43. The molecule has 0 N–H and O–H groups in total. The number of likely N-dealkylation sites (tertiary alicyclic amines) is 2. The average Bonchev–Trinajstić information content (AvgIpc) is 3.33. The van der Waals surface area contributed by atoms with Gasteiger partial charge in [-0.3, -0.25) is 9.59 Å². The molecular weight excluding hydrogens is 400 g/mol. The van der Waals surface area contributed by atoms with Crippen molar-refractivity contribution in [2.45, 2.75) is 38.6 Å². The van der Waals surface area contributed by atoms with Gasteiger partial charge < -0.3 is 14.5 Å². The molecule has 5 heteroatoms. The number of hydrogen-bond donors (Lipinski definition) is 0. The van der Waals surface area contributed by atoms with Crippen LogP contribution in [-0.2, 0) is 9.59 Å². The van der Waals surface area contributed by atoms with Crippen molar-refractivity contribution >= 4 is 17.9 Å². The number of ether oxygens (including phenoxy) is 1. The number of carbonyl (C=O) groups excluding carboxylic acids is 2. The van der Waals surface area contributed by atoms with Crippen LogP contribution in [0.5, 0.6) is 5.75 Å². The van der Waals surface area contributed by atoms with E-state index in [1.165, 1.54) is 5.56 Å². The van der Waals surface area contributed by atoms with Gasteiger partial charge in [-0.25, -0.2) is 0 Å². The highest BCUT2D eigenvalue weighted by Gasteiger charge is 2.35. The molecule has 0 aromatic heterocycles. The normalized spacial score (nSPS) is 19.5. The third-order valence-electron chi connectivity index (χ3n) is 6.49. The molecule has 2 saturated heterocycles. The zero-order chi connectivity index (χ0) is 22.3. The van der Waals surface area contributed by atoms with Gasteiger partial charge in [0.25, 0.3) is 0 Å². The number of rotatable bonds is 6. The number of benzene rings is 2. The molecule has 0 spiro atoms. The summed E-state index contributed by atoms with van der Waals surface area (Å²) in [4.78, 5) is 29.8. The van der Waals surface area contributed by atoms with Crippen LogP contribution in [0.1, 0.15) is 49.8 Å². The molecule has 32 heavy (non-hydrogen) atoms. The van der Waals surface area contributed by atoms with Crippen molar-refractivity contribution in [3.8, 4) is 5.75 Å². The first-order valence-corrected chi connectivity index (χ1v) is 11.7. The summed E-state index contributed by atoms with van der Waals surface area (Å²) in [6.45, 7) is 4.71. The molecule has 2 aromatic carbocycles. The van der Waals surface area contributed by atoms with Crippen LogP contribution >= 0.6 is 0 Å². The molecule has 2 aromatic rings. The Morgan fingerprint density at radius 1 is 0.969 bits per heavy atom. The minimum absolute atomic E-state index is 0.000417. The lowest BCUT2D eigenvalue weighted by atomic mass is 9.94. The molecule has 2 aliphatic heterocycles. The molecule has 4 rings (SSSR count). The Kier molecular flexibility index (Phi) is 7.25. The predicted molar refractivity (Wildman–Crippen MR) is 126 cm³/mol. The van der Waals surface area contributed by atoms with Crippen LogP contribution in [0.4, 0.5) is 0 Å². The quantitative estimate of drug-likeness (QED) is 0.622. The van der Waals surface area contributed by atoms with Gasteiger partial charge in [-0.1, -0.05) is 42.5 Å². The molecule has 5 nitrogen and oxygen atoms in total. The Labute approximate surface area is 190 Å². The van der Waals surface area contributed by atoms with Crippen LogP contribution < -0.4 is 4.74 Å². The summed E-state index contributed by atoms with van der Waals surface area (Å²) in [7, 11) is 0. The van der Waals surface area contributed by atoms with Crippen molar-refractivity contribution in [1.29, 1.82) is 0 Å². The Balaban J connectivity index is 1.32. The third-order valence-corrected chi connectivity index (χ3v) is 6.49. The lowest BCUT2D eigenvalue weighted by molar-refractivity contribution is -0.140. The van der Waals surface area contributed by atoms with Gasteiger partial charge in [0, 0.05) is 31.6 Å². The summed E-state index contributed by atoms with van der Waals surface area (Å²) in [6.07, 6.45) is 6.99. The monoisotopic (exact) mass is 432 g/mol. The fraction of sp³-hybridized carbons (Fsp3) is 0.407. The molecule has 0 saturated carbocycles. The van der Waals surface area contributed by atoms with Crippen molar-refractivity contribution in [3.63, 3.8) is 0 Å². The van der Waals surface area contributed by atoms with Gasteiger partial charge in [0.05, 0.1) is 12.6 Å². The summed E-state index contributed by atoms with van der Waals surface area (Å²) in [5.41, 5.74) is 2.19. The molecule has 0 aliphatic carbocycles. The molecular formula is C27H32N2O3. The number of amides is 2. The summed E-state index contributed by atoms with van der Waals surface area (Å²) in [6, 6.07) is 18.1. The molecule has 2 aliphatic rings. The van der Waals surface area contributed by atoms with E-state index >= 15 is 0 Å². The van der Waals surface area contributed by atoms with Crippen LogP contribution in [-0.4, -0.2) is 47.9 Å². The molecule has 1 atom stereocenters. The zero-order valence-electron chi connectivity index (χ0n) is 18.8. The smallest absolute Gasteiger partial charge is 0.246 e. The summed E-state index contributed by atoms with van der Waals surface area (Å²) < 4.78 is 5.55. The van der Waals surface area contributed by atoms with Crippen LogP contribution in [0.15, 0.2) is 60.7 Å². The van der Waals surface area contributed by atoms with Crippen molar-refractivity contribution in [2.75, 3.05) is 26.2 Å². The SMILES string of the molecule is CCOc1ccc(C2CCCN2C(=O)C2CCN(C(=O)/C=C/c3ccccc3)CC2)cc1. The van der Waals surface area contributed by atoms with Crippen molar-refractivity contribution < 1.29 is 14.3 Å². The summed E-state index contributed by atoms with van der Waals surface area (Å²) in [5, 5.41) is 0. The highest BCUT2D eigenvalue weighted by atomic mass is 16.5. The second-order valence-corrected chi connectivity index (χ2v) is 8.54. The second-order valence-electron chi connectivity index (χ2n) is 8.54. The van der Waals surface area contributed by atoms with Gasteiger partial charge in [0.15, 0.2) is 0 Å². The topological polar surface area (TPSA) is 49.9 Å². The first-order chi connectivity index (χ1) is 15.7. The highest BCUT2D eigenvalue weighted by Crippen LogP contribution is 2.35. The van der Waals surface area contributed by atoms with E-state index in [4.69, 9.17) is 4.74 Å². The molecule has 168 valence electrons. The minimum atomic E-state index is 0.000417. The standard InChI is InChI=1S/C27H32N2O3/c1-2-32-24-13-11-22(12-14-24)25-9-6-18-29(25)27(31)23-16-19-28(20-17-23)26(30)15-10-21-7-4-3-5-8-21/h3-5,7-8,10-15,23,25H,2,6,9,16-20H2,1H3/b15-10+. The Hall–Kier alpha value is -3.08. The Morgan fingerprint density at radius 3 is 2.38 bits per heavy atom. The Morgan fingerprint density at radius 2 is 1.69 bits per heavy atom. The molecule has 2 heterocycles. The third kappa shape index (κ3) is 5.21. The van der Waals surface area contributed by atoms with E-state index in [1.54, 1.807) is 6.08 Å². The minimum Gasteiger partial charge on any atom is -0.494 e. The van der Waals surface area contributed by atoms with Crippen molar-refractivity contribution in [2.24, 2.45) is 5.92 Å². The van der Waals surface area contributed by atoms with E-state index in [0.29, 0.717) is 19.7 Å². The molecule has 0 bridgehead atoms. The van der Waals surface area contributed by atoms with Crippen LogP contribution in [0, 0.1) is 5.92 Å². The fourth-order valence-corrected chi connectivity index (χ4v) is 4.75. The highest BCUT2D eigenvalue weighted by molar-refractivity contribution is 5.92. The van der Waals surface area contributed by atoms with Gasteiger partial charge in [-0.15, -0.1) is 0 Å². The largest absolute Gasteiger partial charge is 0.494 e. The van der Waals surface area contributed by atoms with E-state index in [0.717, 1.165) is 43.5 Å². The van der Waals surface area contributed by atoms with E-state index in [1.807, 2.05) is 60.4 Å². The van der Waals surface area contributed by atoms with Gasteiger partial charge in [-0.05, 0) is 61.9 Å². The van der Waals surface area contributed by atoms with Crippen LogP contribution in [0.2, 0.25) is 0 Å².